The Morgan fingerprint density at radius 1 is 1.00 bits per heavy atom. The fourth-order valence-corrected chi connectivity index (χ4v) is 3.36. The number of benzene rings is 2. The third-order valence-corrected chi connectivity index (χ3v) is 4.37. The van der Waals surface area contributed by atoms with Gasteiger partial charge in [0.25, 0.3) is 0 Å². The van der Waals surface area contributed by atoms with Gasteiger partial charge in [0.2, 0.25) is 0 Å². The van der Waals surface area contributed by atoms with Crippen LogP contribution in [-0.4, -0.2) is 5.11 Å². The van der Waals surface area contributed by atoms with Crippen molar-refractivity contribution in [3.05, 3.63) is 59.7 Å². The molecule has 0 bridgehead atoms. The van der Waals surface area contributed by atoms with Crippen molar-refractivity contribution in [3.63, 3.8) is 0 Å². The Bertz CT molecular complexity index is 536. The third kappa shape index (κ3) is 2.45. The third-order valence-electron chi connectivity index (χ3n) is 3.38. The molecule has 0 aliphatic heterocycles. The summed E-state index contributed by atoms with van der Waals surface area (Å²) >= 11 is 1.78. The molecule has 0 fully saturated rings. The standard InChI is InChI=1S/C16H16OS/c17-16-8-4-5-12-11-14(9-10-15(12)16)18-13-6-2-1-3-7-13/h1-3,6-7,9-11,16-17H,4-5,8H2. The van der Waals surface area contributed by atoms with Crippen LogP contribution in [0.2, 0.25) is 0 Å². The van der Waals surface area contributed by atoms with Gasteiger partial charge in [-0.3, -0.25) is 0 Å². The van der Waals surface area contributed by atoms with Crippen LogP contribution in [0.3, 0.4) is 0 Å². The molecule has 1 N–H and O–H groups in total. The van der Waals surface area contributed by atoms with Crippen molar-refractivity contribution in [2.45, 2.75) is 35.2 Å². The van der Waals surface area contributed by atoms with Gasteiger partial charge in [0, 0.05) is 9.79 Å². The Balaban J connectivity index is 1.86. The van der Waals surface area contributed by atoms with Gasteiger partial charge in [-0.2, -0.15) is 0 Å². The molecule has 1 nitrogen and oxygen atoms in total. The molecule has 1 aliphatic rings. The fourth-order valence-electron chi connectivity index (χ4n) is 2.45. The van der Waals surface area contributed by atoms with E-state index in [1.165, 1.54) is 15.4 Å². The molecule has 2 heteroatoms. The average Bonchev–Trinajstić information content (AvgIpc) is 2.40. The molecule has 1 atom stereocenters. The SMILES string of the molecule is OC1CCCc2cc(Sc3ccccc3)ccc21. The Morgan fingerprint density at radius 3 is 2.67 bits per heavy atom. The molecule has 92 valence electrons. The summed E-state index contributed by atoms with van der Waals surface area (Å²) in [5.74, 6) is 0. The van der Waals surface area contributed by atoms with Crippen molar-refractivity contribution in [2.24, 2.45) is 0 Å². The molecule has 0 saturated carbocycles. The first-order chi connectivity index (χ1) is 8.83. The van der Waals surface area contributed by atoms with Crippen molar-refractivity contribution in [1.29, 1.82) is 0 Å². The van der Waals surface area contributed by atoms with Crippen LogP contribution in [0.1, 0.15) is 30.1 Å². The van der Waals surface area contributed by atoms with Crippen molar-refractivity contribution in [2.75, 3.05) is 0 Å². The van der Waals surface area contributed by atoms with Crippen molar-refractivity contribution in [3.8, 4) is 0 Å². The van der Waals surface area contributed by atoms with Crippen LogP contribution >= 0.6 is 11.8 Å². The van der Waals surface area contributed by atoms with Gasteiger partial charge in [0.15, 0.2) is 0 Å². The van der Waals surface area contributed by atoms with Crippen LogP contribution in [0.15, 0.2) is 58.3 Å². The summed E-state index contributed by atoms with van der Waals surface area (Å²) in [5, 5.41) is 9.94. The van der Waals surface area contributed by atoms with E-state index in [1.54, 1.807) is 11.8 Å². The summed E-state index contributed by atoms with van der Waals surface area (Å²) in [6.45, 7) is 0. The molecule has 0 radical (unpaired) electrons. The van der Waals surface area contributed by atoms with Gasteiger partial charge in [0.1, 0.15) is 0 Å². The molecule has 2 aromatic rings. The van der Waals surface area contributed by atoms with Gasteiger partial charge in [-0.1, -0.05) is 36.0 Å². The smallest absolute Gasteiger partial charge is 0.0792 e. The summed E-state index contributed by atoms with van der Waals surface area (Å²) in [6.07, 6.45) is 2.83. The zero-order valence-electron chi connectivity index (χ0n) is 10.2. The minimum Gasteiger partial charge on any atom is -0.388 e. The molecular weight excluding hydrogens is 240 g/mol. The van der Waals surface area contributed by atoms with E-state index >= 15 is 0 Å². The summed E-state index contributed by atoms with van der Waals surface area (Å²) in [5.41, 5.74) is 2.44. The van der Waals surface area contributed by atoms with Crippen LogP contribution in [0, 0.1) is 0 Å². The molecular formula is C16H16OS. The molecule has 0 aromatic heterocycles. The lowest BCUT2D eigenvalue weighted by Crippen LogP contribution is -2.08. The molecule has 18 heavy (non-hydrogen) atoms. The van der Waals surface area contributed by atoms with Gasteiger partial charge in [-0.05, 0) is 54.7 Å². The first-order valence-electron chi connectivity index (χ1n) is 6.37. The van der Waals surface area contributed by atoms with Crippen molar-refractivity contribution in [1.82, 2.24) is 0 Å². The summed E-state index contributed by atoms with van der Waals surface area (Å²) in [7, 11) is 0. The van der Waals surface area contributed by atoms with E-state index in [2.05, 4.69) is 42.5 Å². The lowest BCUT2D eigenvalue weighted by Gasteiger charge is -2.21. The zero-order chi connectivity index (χ0) is 12.4. The lowest BCUT2D eigenvalue weighted by atomic mass is 9.90. The normalized spacial score (nSPS) is 18.4. The van der Waals surface area contributed by atoms with Crippen LogP contribution in [0.5, 0.6) is 0 Å². The predicted octanol–water partition coefficient (Wildman–Crippen LogP) is 4.21. The number of hydrogen-bond acceptors (Lipinski definition) is 2. The van der Waals surface area contributed by atoms with Crippen molar-refractivity contribution < 1.29 is 5.11 Å². The maximum atomic E-state index is 9.94. The van der Waals surface area contributed by atoms with E-state index in [1.807, 2.05) is 6.07 Å². The highest BCUT2D eigenvalue weighted by atomic mass is 32.2. The minimum absolute atomic E-state index is 0.260. The monoisotopic (exact) mass is 256 g/mol. The van der Waals surface area contributed by atoms with Crippen LogP contribution in [0.4, 0.5) is 0 Å². The van der Waals surface area contributed by atoms with E-state index in [9.17, 15) is 5.11 Å². The number of fused-ring (bicyclic) bond motifs is 1. The number of rotatable bonds is 2. The Hall–Kier alpha value is -1.25. The second-order valence-corrected chi connectivity index (χ2v) is 5.83. The van der Waals surface area contributed by atoms with E-state index in [4.69, 9.17) is 0 Å². The lowest BCUT2D eigenvalue weighted by molar-refractivity contribution is 0.156. The quantitative estimate of drug-likeness (QED) is 0.868. The Labute approximate surface area is 112 Å². The maximum Gasteiger partial charge on any atom is 0.0792 e. The highest BCUT2D eigenvalue weighted by Gasteiger charge is 2.17. The highest BCUT2D eigenvalue weighted by Crippen LogP contribution is 2.34. The van der Waals surface area contributed by atoms with Gasteiger partial charge in [-0.25, -0.2) is 0 Å². The van der Waals surface area contributed by atoms with Gasteiger partial charge in [-0.15, -0.1) is 0 Å². The van der Waals surface area contributed by atoms with Gasteiger partial charge in [0.05, 0.1) is 6.10 Å². The average molecular weight is 256 g/mol. The summed E-state index contributed by atoms with van der Waals surface area (Å²) in [6, 6.07) is 16.8. The van der Waals surface area contributed by atoms with E-state index in [-0.39, 0.29) is 6.10 Å². The number of aliphatic hydroxyl groups excluding tert-OH is 1. The van der Waals surface area contributed by atoms with E-state index < -0.39 is 0 Å². The maximum absolute atomic E-state index is 9.94. The molecule has 0 amide bonds. The van der Waals surface area contributed by atoms with E-state index in [0.29, 0.717) is 0 Å². The Morgan fingerprint density at radius 2 is 1.83 bits per heavy atom. The van der Waals surface area contributed by atoms with Gasteiger partial charge < -0.3 is 5.11 Å². The fraction of sp³-hybridized carbons (Fsp3) is 0.250. The molecule has 0 heterocycles. The molecule has 0 saturated heterocycles. The Kier molecular flexibility index (Phi) is 3.39. The summed E-state index contributed by atoms with van der Waals surface area (Å²) < 4.78 is 0. The molecule has 1 unspecified atom stereocenters. The first kappa shape index (κ1) is 11.8. The van der Waals surface area contributed by atoms with Crippen molar-refractivity contribution >= 4 is 11.8 Å². The number of hydrogen-bond donors (Lipinski definition) is 1. The molecule has 0 spiro atoms. The van der Waals surface area contributed by atoms with Gasteiger partial charge >= 0.3 is 0 Å². The second-order valence-electron chi connectivity index (χ2n) is 4.68. The number of aliphatic hydroxyl groups is 1. The molecule has 1 aliphatic carbocycles. The first-order valence-corrected chi connectivity index (χ1v) is 7.18. The second kappa shape index (κ2) is 5.17. The topological polar surface area (TPSA) is 20.2 Å². The molecule has 3 rings (SSSR count). The number of aryl methyl sites for hydroxylation is 1. The zero-order valence-corrected chi connectivity index (χ0v) is 11.0. The molecule has 2 aromatic carbocycles. The minimum atomic E-state index is -0.260. The highest BCUT2D eigenvalue weighted by molar-refractivity contribution is 7.99. The van der Waals surface area contributed by atoms with E-state index in [0.717, 1.165) is 24.8 Å². The largest absolute Gasteiger partial charge is 0.388 e. The van der Waals surface area contributed by atoms with Crippen LogP contribution in [-0.2, 0) is 6.42 Å². The predicted molar refractivity (Wildman–Crippen MR) is 74.9 cm³/mol. The summed E-state index contributed by atoms with van der Waals surface area (Å²) in [4.78, 5) is 2.52. The van der Waals surface area contributed by atoms with Crippen LogP contribution < -0.4 is 0 Å². The van der Waals surface area contributed by atoms with Crippen LogP contribution in [0.25, 0.3) is 0 Å².